The molecule has 4 fully saturated rings. The van der Waals surface area contributed by atoms with Crippen LogP contribution in [0.15, 0.2) is 84.3 Å². The highest BCUT2D eigenvalue weighted by atomic mass is 16.3. The number of aliphatic hydroxyl groups excluding tert-OH is 1. The van der Waals surface area contributed by atoms with Gasteiger partial charge >= 0.3 is 0 Å². The zero-order valence-electron chi connectivity index (χ0n) is 33.1. The summed E-state index contributed by atoms with van der Waals surface area (Å²) in [5.74, 6) is 0.330. The minimum atomic E-state index is -0.244. The maximum absolute atomic E-state index is 13.5. The first-order chi connectivity index (χ1) is 28.8. The van der Waals surface area contributed by atoms with Gasteiger partial charge in [0.25, 0.3) is 5.56 Å². The monoisotopic (exact) mass is 794 g/mol. The Morgan fingerprint density at radius 3 is 2.34 bits per heavy atom. The van der Waals surface area contributed by atoms with Crippen molar-refractivity contribution < 1.29 is 14.7 Å². The van der Waals surface area contributed by atoms with Crippen LogP contribution >= 0.6 is 0 Å². The van der Waals surface area contributed by atoms with Gasteiger partial charge in [-0.2, -0.15) is 4.98 Å². The number of fused-ring (bicyclic) bond motifs is 2. The first-order valence-corrected chi connectivity index (χ1v) is 21.0. The number of nitrogens with zero attached hydrogens (tertiary/aromatic N) is 7. The minimum absolute atomic E-state index is 0.0140. The molecular weight excluding hydrogens is 745 g/mol. The van der Waals surface area contributed by atoms with E-state index in [1.807, 2.05) is 36.4 Å². The van der Waals surface area contributed by atoms with Gasteiger partial charge in [0.05, 0.1) is 24.8 Å². The number of hydrogen-bond acceptors (Lipinski definition) is 11. The third-order valence-corrected chi connectivity index (χ3v) is 13.3. The molecule has 59 heavy (non-hydrogen) atoms. The van der Waals surface area contributed by atoms with Crippen LogP contribution in [0.3, 0.4) is 0 Å². The highest BCUT2D eigenvalue weighted by molar-refractivity contribution is 6.01. The number of anilines is 4. The summed E-state index contributed by atoms with van der Waals surface area (Å²) in [5, 5.41) is 20.1. The van der Waals surface area contributed by atoms with Crippen LogP contribution in [-0.2, 0) is 22.6 Å². The first kappa shape index (κ1) is 37.4. The number of amides is 2. The fourth-order valence-electron chi connectivity index (χ4n) is 10.2. The number of rotatable bonds is 11. The van der Waals surface area contributed by atoms with Crippen molar-refractivity contribution in [3.8, 4) is 5.82 Å². The maximum Gasteiger partial charge on any atom is 0.278 e. The van der Waals surface area contributed by atoms with Gasteiger partial charge in [-0.05, 0) is 98.5 Å². The molecule has 4 N–H and O–H groups in total. The molecule has 3 saturated heterocycles. The predicted molar refractivity (Wildman–Crippen MR) is 227 cm³/mol. The van der Waals surface area contributed by atoms with Gasteiger partial charge in [0.15, 0.2) is 11.5 Å². The number of imide groups is 1. The molecule has 14 heteroatoms. The van der Waals surface area contributed by atoms with E-state index in [4.69, 9.17) is 9.97 Å². The van der Waals surface area contributed by atoms with E-state index in [-0.39, 0.29) is 42.4 Å². The lowest BCUT2D eigenvalue weighted by Crippen LogP contribution is -2.67. The molecule has 5 aliphatic rings. The van der Waals surface area contributed by atoms with E-state index in [0.29, 0.717) is 53.1 Å². The summed E-state index contributed by atoms with van der Waals surface area (Å²) in [6.45, 7) is 8.34. The van der Waals surface area contributed by atoms with E-state index in [1.54, 1.807) is 21.6 Å². The van der Waals surface area contributed by atoms with Gasteiger partial charge in [-0.15, -0.1) is 6.58 Å². The standard InChI is InChI=1S/C45H50N10O4/c1-2-19-54-43(59)37-24-46-44(51-41(37)55(54)38-15-7-29-3-4-30(25-56)40(29)49-38)48-31-8-12-35(13-9-31)53-26-45(27-53)22-33(23-45)47-32-17-20-52(21-18-32)34-10-5-28(6-11-34)36-14-16-39(57)50-42(36)58/h2,5-13,15,24,30,32-33,36,47,56H,1,3-4,14,16-23,25-27H2,(H,46,48,51)(H,50,57,58). The number of aryl methyl sites for hydroxylation is 1. The van der Waals surface area contributed by atoms with Crippen molar-refractivity contribution in [1.82, 2.24) is 34.9 Å². The van der Waals surface area contributed by atoms with Crippen molar-refractivity contribution in [3.63, 3.8) is 0 Å². The number of aromatic nitrogens is 5. The Morgan fingerprint density at radius 2 is 1.61 bits per heavy atom. The second-order valence-electron chi connectivity index (χ2n) is 17.2. The second kappa shape index (κ2) is 15.1. The number of allylic oxidation sites excluding steroid dienone is 1. The van der Waals surface area contributed by atoms with Gasteiger partial charge in [0, 0.05) is 79.3 Å². The average molecular weight is 795 g/mol. The van der Waals surface area contributed by atoms with E-state index in [0.717, 1.165) is 74.4 Å². The SMILES string of the molecule is C=CCn1c(=O)c2cnc(Nc3ccc(N4CC5(CC(NC6CCN(c7ccc(C8CCC(=O)NC8=O)cc7)CC6)C5)C4)cc3)nc2n1-c1ccc2c(n1)C(CO)CC2. The normalized spacial score (nSPS) is 21.6. The molecule has 3 aromatic heterocycles. The number of carbonyl (C=O) groups is 2. The summed E-state index contributed by atoms with van der Waals surface area (Å²) in [6, 6.07) is 21.8. The van der Waals surface area contributed by atoms with E-state index >= 15 is 0 Å². The lowest BCUT2D eigenvalue weighted by molar-refractivity contribution is -0.134. The molecule has 2 unspecified atom stereocenters. The van der Waals surface area contributed by atoms with Crippen molar-refractivity contribution in [2.24, 2.45) is 5.41 Å². The van der Waals surface area contributed by atoms with Crippen LogP contribution in [0.4, 0.5) is 23.0 Å². The van der Waals surface area contributed by atoms with Crippen molar-refractivity contribution in [2.45, 2.75) is 81.8 Å². The van der Waals surface area contributed by atoms with E-state index < -0.39 is 0 Å². The van der Waals surface area contributed by atoms with Gasteiger partial charge < -0.3 is 25.5 Å². The lowest BCUT2D eigenvalue weighted by Gasteiger charge is -2.60. The van der Waals surface area contributed by atoms with Crippen LogP contribution in [0.1, 0.15) is 73.6 Å². The van der Waals surface area contributed by atoms with Gasteiger partial charge in [-0.1, -0.05) is 24.3 Å². The number of hydrogen-bond donors (Lipinski definition) is 4. The van der Waals surface area contributed by atoms with Gasteiger partial charge in [0.1, 0.15) is 5.39 Å². The van der Waals surface area contributed by atoms with E-state index in [2.05, 4.69) is 61.6 Å². The smallest absolute Gasteiger partial charge is 0.278 e. The van der Waals surface area contributed by atoms with Crippen LogP contribution < -0.4 is 31.3 Å². The van der Waals surface area contributed by atoms with Crippen molar-refractivity contribution >= 4 is 45.9 Å². The summed E-state index contributed by atoms with van der Waals surface area (Å²) in [5.41, 5.74) is 6.87. The van der Waals surface area contributed by atoms with Crippen LogP contribution in [0.5, 0.6) is 0 Å². The van der Waals surface area contributed by atoms with Crippen molar-refractivity contribution in [3.05, 3.63) is 107 Å². The highest BCUT2D eigenvalue weighted by Crippen LogP contribution is 2.50. The van der Waals surface area contributed by atoms with Gasteiger partial charge in [0.2, 0.25) is 17.8 Å². The van der Waals surface area contributed by atoms with Crippen LogP contribution in [-0.4, -0.2) is 86.1 Å². The quantitative estimate of drug-likeness (QED) is 0.109. The zero-order valence-corrected chi connectivity index (χ0v) is 33.1. The fourth-order valence-corrected chi connectivity index (χ4v) is 10.2. The maximum atomic E-state index is 13.5. The number of pyridine rings is 1. The topological polar surface area (TPSA) is 163 Å². The Morgan fingerprint density at radius 1 is 0.864 bits per heavy atom. The summed E-state index contributed by atoms with van der Waals surface area (Å²) in [6.07, 6.45) is 10.6. The number of carbonyl (C=O) groups excluding carboxylic acids is 2. The molecule has 304 valence electrons. The Bertz CT molecular complexity index is 2470. The number of piperidine rings is 2. The van der Waals surface area contributed by atoms with Crippen LogP contribution in [0, 0.1) is 5.41 Å². The molecule has 0 radical (unpaired) electrons. The van der Waals surface area contributed by atoms with Gasteiger partial charge in [-0.25, -0.2) is 19.3 Å². The molecule has 2 amide bonds. The second-order valence-corrected chi connectivity index (χ2v) is 17.2. The first-order valence-electron chi connectivity index (χ1n) is 21.0. The molecule has 14 nitrogen and oxygen atoms in total. The molecule has 2 aliphatic carbocycles. The fraction of sp³-hybridized carbons (Fsp3) is 0.422. The van der Waals surface area contributed by atoms with E-state index in [9.17, 15) is 19.5 Å². The third-order valence-electron chi connectivity index (χ3n) is 13.3. The predicted octanol–water partition coefficient (Wildman–Crippen LogP) is 4.68. The molecule has 3 aliphatic heterocycles. The van der Waals surface area contributed by atoms with Crippen molar-refractivity contribution in [2.75, 3.05) is 47.9 Å². The zero-order chi connectivity index (χ0) is 40.3. The van der Waals surface area contributed by atoms with Crippen molar-refractivity contribution in [1.29, 1.82) is 0 Å². The lowest BCUT2D eigenvalue weighted by atomic mass is 9.60. The number of aliphatic hydroxyl groups is 1. The molecular formula is C45H50N10O4. The summed E-state index contributed by atoms with van der Waals surface area (Å²) in [7, 11) is 0. The minimum Gasteiger partial charge on any atom is -0.396 e. The molecule has 2 aromatic carbocycles. The van der Waals surface area contributed by atoms with Gasteiger partial charge in [-0.3, -0.25) is 19.7 Å². The Labute approximate surface area is 342 Å². The molecule has 1 saturated carbocycles. The highest BCUT2D eigenvalue weighted by Gasteiger charge is 2.52. The molecule has 2 atom stereocenters. The molecule has 0 bridgehead atoms. The molecule has 6 heterocycles. The molecule has 10 rings (SSSR count). The Balaban J connectivity index is 0.718. The summed E-state index contributed by atoms with van der Waals surface area (Å²) >= 11 is 0. The summed E-state index contributed by atoms with van der Waals surface area (Å²) < 4.78 is 3.31. The van der Waals surface area contributed by atoms with Crippen LogP contribution in [0.25, 0.3) is 16.9 Å². The van der Waals surface area contributed by atoms with Crippen LogP contribution in [0.2, 0.25) is 0 Å². The van der Waals surface area contributed by atoms with E-state index in [1.165, 1.54) is 24.2 Å². The summed E-state index contributed by atoms with van der Waals surface area (Å²) in [4.78, 5) is 56.4. The average Bonchev–Trinajstić information content (AvgIpc) is 3.76. The molecule has 5 aromatic rings. The largest absolute Gasteiger partial charge is 0.396 e. The number of nitrogens with one attached hydrogen (secondary N) is 3. The number of benzene rings is 2. The third kappa shape index (κ3) is 6.97. The Hall–Kier alpha value is -5.86. The Kier molecular flexibility index (Phi) is 9.55. The molecule has 1 spiro atoms.